The minimum absolute atomic E-state index is 0.112. The van der Waals surface area contributed by atoms with Crippen LogP contribution in [0.25, 0.3) is 11.3 Å². The van der Waals surface area contributed by atoms with Gasteiger partial charge in [-0.15, -0.1) is 11.3 Å². The molecule has 0 saturated heterocycles. The third kappa shape index (κ3) is 4.31. The molecule has 0 spiro atoms. The number of ether oxygens (including phenoxy) is 2. The Morgan fingerprint density at radius 1 is 1.23 bits per heavy atom. The maximum Gasteiger partial charge on any atom is 0.203 e. The van der Waals surface area contributed by atoms with Crippen LogP contribution in [0.5, 0.6) is 17.2 Å². The van der Waals surface area contributed by atoms with E-state index in [0.717, 1.165) is 22.6 Å². The van der Waals surface area contributed by atoms with Crippen molar-refractivity contribution in [3.8, 4) is 28.5 Å². The number of hydrazone groups is 1. The Morgan fingerprint density at radius 2 is 2.04 bits per heavy atom. The van der Waals surface area contributed by atoms with Gasteiger partial charge in [0.05, 0.1) is 25.6 Å². The van der Waals surface area contributed by atoms with Crippen LogP contribution in [0.2, 0.25) is 0 Å². The Bertz CT molecular complexity index is 891. The van der Waals surface area contributed by atoms with Crippen LogP contribution in [0.15, 0.2) is 52.9 Å². The molecular weight excluding hydrogens is 350 g/mol. The molecule has 2 aromatic carbocycles. The zero-order chi connectivity index (χ0) is 18.4. The molecule has 2 N–H and O–H groups in total. The summed E-state index contributed by atoms with van der Waals surface area (Å²) in [5, 5.41) is 16.6. The first-order valence-corrected chi connectivity index (χ1v) is 8.92. The van der Waals surface area contributed by atoms with Gasteiger partial charge >= 0.3 is 0 Å². The second-order valence-corrected chi connectivity index (χ2v) is 6.15. The molecule has 0 aliphatic rings. The van der Waals surface area contributed by atoms with E-state index in [9.17, 15) is 5.11 Å². The minimum atomic E-state index is 0.112. The van der Waals surface area contributed by atoms with Crippen molar-refractivity contribution in [3.63, 3.8) is 0 Å². The summed E-state index contributed by atoms with van der Waals surface area (Å²) in [5.41, 5.74) is 5.62. The van der Waals surface area contributed by atoms with Gasteiger partial charge in [-0.25, -0.2) is 4.98 Å². The fourth-order valence-electron chi connectivity index (χ4n) is 2.26. The number of anilines is 1. The summed E-state index contributed by atoms with van der Waals surface area (Å²) in [5.74, 6) is 1.36. The first-order chi connectivity index (χ1) is 12.7. The average Bonchev–Trinajstić information content (AvgIpc) is 3.13. The number of phenolic OH excluding ortho intramolecular Hbond substituents is 1. The summed E-state index contributed by atoms with van der Waals surface area (Å²) in [6.07, 6.45) is 1.65. The molecule has 0 unspecified atom stereocenters. The van der Waals surface area contributed by atoms with Crippen LogP contribution < -0.4 is 14.9 Å². The second-order valence-electron chi connectivity index (χ2n) is 5.30. The molecule has 6 nitrogen and oxygen atoms in total. The van der Waals surface area contributed by atoms with Crippen molar-refractivity contribution in [3.05, 3.63) is 53.4 Å². The van der Waals surface area contributed by atoms with Crippen molar-refractivity contribution in [1.29, 1.82) is 0 Å². The molecule has 0 aliphatic carbocycles. The molecule has 0 bridgehead atoms. The average molecular weight is 369 g/mol. The van der Waals surface area contributed by atoms with Gasteiger partial charge in [0.2, 0.25) is 5.13 Å². The standard InChI is InChI=1S/C19H19N3O3S/c1-3-25-18-10-13(4-9-17(18)23)11-20-22-19-21-16(12-26-19)14-5-7-15(24-2)8-6-14/h4-12,23H,3H2,1-2H3,(H,21,22)/b20-11-. The van der Waals surface area contributed by atoms with Crippen LogP contribution in [0.4, 0.5) is 5.13 Å². The molecule has 3 rings (SSSR count). The highest BCUT2D eigenvalue weighted by Gasteiger charge is 2.05. The summed E-state index contributed by atoms with van der Waals surface area (Å²) >= 11 is 1.47. The van der Waals surface area contributed by atoms with E-state index in [1.807, 2.05) is 36.6 Å². The number of aromatic hydroxyl groups is 1. The van der Waals surface area contributed by atoms with Crippen LogP contribution in [0, 0.1) is 0 Å². The highest BCUT2D eigenvalue weighted by atomic mass is 32.1. The van der Waals surface area contributed by atoms with Gasteiger partial charge in [-0.05, 0) is 55.0 Å². The summed E-state index contributed by atoms with van der Waals surface area (Å²) in [6, 6.07) is 12.8. The molecule has 1 aromatic heterocycles. The molecular formula is C19H19N3O3S. The third-order valence-corrected chi connectivity index (χ3v) is 4.29. The van der Waals surface area contributed by atoms with E-state index in [1.54, 1.807) is 31.5 Å². The monoisotopic (exact) mass is 369 g/mol. The Hall–Kier alpha value is -3.06. The fraction of sp³-hybridized carbons (Fsp3) is 0.158. The van der Waals surface area contributed by atoms with E-state index < -0.39 is 0 Å². The highest BCUT2D eigenvalue weighted by molar-refractivity contribution is 7.14. The lowest BCUT2D eigenvalue weighted by Gasteiger charge is -2.05. The van der Waals surface area contributed by atoms with Gasteiger partial charge in [0.15, 0.2) is 11.5 Å². The first kappa shape index (κ1) is 17.8. The Labute approximate surface area is 155 Å². The normalized spacial score (nSPS) is 10.8. The quantitative estimate of drug-likeness (QED) is 0.478. The number of thiazole rings is 1. The van der Waals surface area contributed by atoms with Crippen LogP contribution in [0.3, 0.4) is 0 Å². The lowest BCUT2D eigenvalue weighted by atomic mass is 10.2. The van der Waals surface area contributed by atoms with E-state index in [0.29, 0.717) is 17.5 Å². The predicted octanol–water partition coefficient (Wildman–Crippen LogP) is 4.37. The molecule has 1 heterocycles. The molecule has 134 valence electrons. The van der Waals surface area contributed by atoms with Gasteiger partial charge in [-0.2, -0.15) is 5.10 Å². The van der Waals surface area contributed by atoms with Crippen molar-refractivity contribution >= 4 is 22.7 Å². The van der Waals surface area contributed by atoms with Crippen molar-refractivity contribution in [2.24, 2.45) is 5.10 Å². The second kappa shape index (κ2) is 8.35. The molecule has 0 fully saturated rings. The summed E-state index contributed by atoms with van der Waals surface area (Å²) < 4.78 is 10.5. The molecule has 26 heavy (non-hydrogen) atoms. The molecule has 0 amide bonds. The Kier molecular flexibility index (Phi) is 5.70. The van der Waals surface area contributed by atoms with Crippen molar-refractivity contribution < 1.29 is 14.6 Å². The number of hydrogen-bond donors (Lipinski definition) is 2. The number of methoxy groups -OCH3 is 1. The predicted molar refractivity (Wildman–Crippen MR) is 105 cm³/mol. The fourth-order valence-corrected chi connectivity index (χ4v) is 2.93. The summed E-state index contributed by atoms with van der Waals surface area (Å²) in [6.45, 7) is 2.35. The zero-order valence-electron chi connectivity index (χ0n) is 14.5. The van der Waals surface area contributed by atoms with E-state index in [1.165, 1.54) is 11.3 Å². The molecule has 3 aromatic rings. The largest absolute Gasteiger partial charge is 0.504 e. The number of rotatable bonds is 7. The number of phenols is 1. The lowest BCUT2D eigenvalue weighted by Crippen LogP contribution is -1.94. The zero-order valence-corrected chi connectivity index (χ0v) is 15.3. The molecule has 0 aliphatic heterocycles. The maximum atomic E-state index is 9.71. The van der Waals surface area contributed by atoms with Crippen molar-refractivity contribution in [2.75, 3.05) is 19.1 Å². The van der Waals surface area contributed by atoms with E-state index in [-0.39, 0.29) is 5.75 Å². The summed E-state index contributed by atoms with van der Waals surface area (Å²) in [4.78, 5) is 4.52. The third-order valence-electron chi connectivity index (χ3n) is 3.55. The van der Waals surface area contributed by atoms with Crippen molar-refractivity contribution in [1.82, 2.24) is 4.98 Å². The van der Waals surface area contributed by atoms with Gasteiger partial charge in [-0.1, -0.05) is 0 Å². The van der Waals surface area contributed by atoms with E-state index in [2.05, 4.69) is 15.5 Å². The minimum Gasteiger partial charge on any atom is -0.504 e. The van der Waals surface area contributed by atoms with E-state index >= 15 is 0 Å². The summed E-state index contributed by atoms with van der Waals surface area (Å²) in [7, 11) is 1.64. The topological polar surface area (TPSA) is 76.0 Å². The first-order valence-electron chi connectivity index (χ1n) is 8.04. The molecule has 0 saturated carbocycles. The Balaban J connectivity index is 1.66. The molecule has 7 heteroatoms. The molecule has 0 atom stereocenters. The number of aromatic nitrogens is 1. The van der Waals surface area contributed by atoms with Crippen LogP contribution >= 0.6 is 11.3 Å². The van der Waals surface area contributed by atoms with E-state index in [4.69, 9.17) is 9.47 Å². The Morgan fingerprint density at radius 3 is 2.77 bits per heavy atom. The van der Waals surface area contributed by atoms with Gasteiger partial charge in [0, 0.05) is 10.9 Å². The number of nitrogens with zero attached hydrogens (tertiary/aromatic N) is 2. The smallest absolute Gasteiger partial charge is 0.203 e. The maximum absolute atomic E-state index is 9.71. The van der Waals surface area contributed by atoms with Crippen molar-refractivity contribution in [2.45, 2.75) is 6.92 Å². The van der Waals surface area contributed by atoms with Crippen LogP contribution in [0.1, 0.15) is 12.5 Å². The van der Waals surface area contributed by atoms with Crippen LogP contribution in [-0.4, -0.2) is 30.0 Å². The number of nitrogens with one attached hydrogen (secondary N) is 1. The molecule has 0 radical (unpaired) electrons. The van der Waals surface area contributed by atoms with Gasteiger partial charge in [0.25, 0.3) is 0 Å². The van der Waals surface area contributed by atoms with Crippen LogP contribution in [-0.2, 0) is 0 Å². The lowest BCUT2D eigenvalue weighted by molar-refractivity contribution is 0.318. The van der Waals surface area contributed by atoms with Gasteiger partial charge in [-0.3, -0.25) is 5.43 Å². The SMILES string of the molecule is CCOc1cc(/C=N\Nc2nc(-c3ccc(OC)cc3)cs2)ccc1O. The number of hydrogen-bond acceptors (Lipinski definition) is 7. The van der Waals surface area contributed by atoms with Gasteiger partial charge in [0.1, 0.15) is 5.75 Å². The highest BCUT2D eigenvalue weighted by Crippen LogP contribution is 2.27. The van der Waals surface area contributed by atoms with Gasteiger partial charge < -0.3 is 14.6 Å². The number of benzene rings is 2.